The summed E-state index contributed by atoms with van der Waals surface area (Å²) >= 11 is 6.14. The van der Waals surface area contributed by atoms with E-state index in [1.807, 2.05) is 42.6 Å². The number of ether oxygens (including phenoxy) is 3. The molecular formula is C26H24ClNO4. The molecule has 0 aliphatic carbocycles. The largest absolute Gasteiger partial charge is 0.489 e. The molecule has 5 nitrogen and oxygen atoms in total. The van der Waals surface area contributed by atoms with Gasteiger partial charge < -0.3 is 19.2 Å². The number of halogens is 1. The smallest absolute Gasteiger partial charge is 0.305 e. The van der Waals surface area contributed by atoms with E-state index in [1.54, 1.807) is 6.07 Å². The second kappa shape index (κ2) is 10.2. The van der Waals surface area contributed by atoms with Crippen LogP contribution in [-0.2, 0) is 16.0 Å². The molecule has 0 bridgehead atoms. The third kappa shape index (κ3) is 5.24. The van der Waals surface area contributed by atoms with E-state index in [4.69, 9.17) is 25.8 Å². The van der Waals surface area contributed by atoms with Crippen LogP contribution < -0.4 is 9.47 Å². The molecule has 0 radical (unpaired) electrons. The number of para-hydroxylation sites is 1. The highest BCUT2D eigenvalue weighted by Gasteiger charge is 2.11. The number of methoxy groups -OCH3 is 1. The first-order valence-corrected chi connectivity index (χ1v) is 10.8. The lowest BCUT2D eigenvalue weighted by Crippen LogP contribution is -2.10. The van der Waals surface area contributed by atoms with Crippen molar-refractivity contribution < 1.29 is 19.0 Å². The number of rotatable bonds is 9. The monoisotopic (exact) mass is 449 g/mol. The highest BCUT2D eigenvalue weighted by molar-refractivity contribution is 6.32. The summed E-state index contributed by atoms with van der Waals surface area (Å²) in [5.41, 5.74) is 4.12. The normalized spacial score (nSPS) is 10.8. The van der Waals surface area contributed by atoms with Gasteiger partial charge in [0.15, 0.2) is 0 Å². The molecule has 0 amide bonds. The molecule has 1 aromatic heterocycles. The molecular weight excluding hydrogens is 426 g/mol. The second-order valence-electron chi connectivity index (χ2n) is 7.31. The van der Waals surface area contributed by atoms with Crippen molar-refractivity contribution >= 4 is 28.5 Å². The first-order chi connectivity index (χ1) is 15.6. The standard InChI is InChI=1S/C26H24ClNO4/c1-30-26(29)11-7-18-6-10-24(31-14-15-32-25-5-3-2-4-22(25)27)21(16-18)19-8-9-23-20(17-19)12-13-28-23/h2-6,8-10,12-13,16-17,28H,7,11,14-15H2,1H3. The van der Waals surface area contributed by atoms with Gasteiger partial charge in [-0.2, -0.15) is 0 Å². The molecule has 0 saturated heterocycles. The SMILES string of the molecule is COC(=O)CCc1ccc(OCCOc2ccccc2Cl)c(-c2ccc3[nH]ccc3c2)c1. The third-order valence-corrected chi connectivity index (χ3v) is 5.50. The number of esters is 1. The van der Waals surface area contributed by atoms with Gasteiger partial charge in [-0.1, -0.05) is 35.9 Å². The fourth-order valence-corrected chi connectivity index (χ4v) is 3.71. The Balaban J connectivity index is 1.53. The Morgan fingerprint density at radius 2 is 1.75 bits per heavy atom. The maximum absolute atomic E-state index is 11.6. The highest BCUT2D eigenvalue weighted by atomic mass is 35.5. The molecule has 32 heavy (non-hydrogen) atoms. The van der Waals surface area contributed by atoms with Crippen LogP contribution in [0, 0.1) is 0 Å². The number of benzene rings is 3. The summed E-state index contributed by atoms with van der Waals surface area (Å²) < 4.78 is 16.6. The molecule has 3 aromatic carbocycles. The Morgan fingerprint density at radius 3 is 2.56 bits per heavy atom. The zero-order valence-corrected chi connectivity index (χ0v) is 18.5. The van der Waals surface area contributed by atoms with Gasteiger partial charge in [0, 0.05) is 23.7 Å². The van der Waals surface area contributed by atoms with Gasteiger partial charge in [-0.25, -0.2) is 0 Å². The molecule has 1 N–H and O–H groups in total. The van der Waals surface area contributed by atoms with Crippen LogP contribution in [-0.4, -0.2) is 31.3 Å². The number of aromatic amines is 1. The summed E-state index contributed by atoms with van der Waals surface area (Å²) in [6, 6.07) is 21.6. The molecule has 0 aliphatic heterocycles. The third-order valence-electron chi connectivity index (χ3n) is 5.19. The Bertz CT molecular complexity index is 1220. The van der Waals surface area contributed by atoms with E-state index in [0.29, 0.717) is 36.8 Å². The average Bonchev–Trinajstić information content (AvgIpc) is 3.29. The maximum atomic E-state index is 11.6. The van der Waals surface area contributed by atoms with E-state index >= 15 is 0 Å². The van der Waals surface area contributed by atoms with E-state index in [9.17, 15) is 4.79 Å². The molecule has 4 rings (SSSR count). The van der Waals surface area contributed by atoms with E-state index in [-0.39, 0.29) is 5.97 Å². The molecule has 0 aliphatic rings. The van der Waals surface area contributed by atoms with Gasteiger partial charge in [-0.3, -0.25) is 4.79 Å². The first kappa shape index (κ1) is 21.8. The van der Waals surface area contributed by atoms with E-state index in [0.717, 1.165) is 33.3 Å². The van der Waals surface area contributed by atoms with Crippen molar-refractivity contribution in [3.63, 3.8) is 0 Å². The molecule has 0 fully saturated rings. The molecule has 6 heteroatoms. The minimum Gasteiger partial charge on any atom is -0.489 e. The van der Waals surface area contributed by atoms with Gasteiger partial charge >= 0.3 is 5.97 Å². The summed E-state index contributed by atoms with van der Waals surface area (Å²) in [5.74, 6) is 1.16. The molecule has 0 saturated carbocycles. The molecule has 164 valence electrons. The fourth-order valence-electron chi connectivity index (χ4n) is 3.52. The van der Waals surface area contributed by atoms with Crippen molar-refractivity contribution in [2.45, 2.75) is 12.8 Å². The van der Waals surface area contributed by atoms with Gasteiger partial charge in [-0.15, -0.1) is 0 Å². The Kier molecular flexibility index (Phi) is 6.97. The number of nitrogens with one attached hydrogen (secondary N) is 1. The summed E-state index contributed by atoms with van der Waals surface area (Å²) in [5, 5.41) is 1.69. The van der Waals surface area contributed by atoms with Crippen molar-refractivity contribution in [1.29, 1.82) is 0 Å². The number of H-pyrrole nitrogens is 1. The van der Waals surface area contributed by atoms with Crippen molar-refractivity contribution in [2.75, 3.05) is 20.3 Å². The lowest BCUT2D eigenvalue weighted by atomic mass is 9.99. The van der Waals surface area contributed by atoms with Crippen LogP contribution in [0.1, 0.15) is 12.0 Å². The summed E-state index contributed by atoms with van der Waals surface area (Å²) in [7, 11) is 1.40. The van der Waals surface area contributed by atoms with E-state index < -0.39 is 0 Å². The topological polar surface area (TPSA) is 60.6 Å². The summed E-state index contributed by atoms with van der Waals surface area (Å²) in [6.45, 7) is 0.732. The average molecular weight is 450 g/mol. The van der Waals surface area contributed by atoms with Crippen molar-refractivity contribution in [3.8, 4) is 22.6 Å². The van der Waals surface area contributed by atoms with Gasteiger partial charge in [0.2, 0.25) is 0 Å². The predicted molar refractivity (Wildman–Crippen MR) is 127 cm³/mol. The maximum Gasteiger partial charge on any atom is 0.305 e. The first-order valence-electron chi connectivity index (χ1n) is 10.4. The zero-order chi connectivity index (χ0) is 22.3. The van der Waals surface area contributed by atoms with Crippen molar-refractivity contribution in [2.24, 2.45) is 0 Å². The molecule has 0 unspecified atom stereocenters. The number of hydrogen-bond acceptors (Lipinski definition) is 4. The summed E-state index contributed by atoms with van der Waals surface area (Å²) in [6.07, 6.45) is 2.85. The predicted octanol–water partition coefficient (Wildman–Crippen LogP) is 6.05. The molecule has 0 spiro atoms. The highest BCUT2D eigenvalue weighted by Crippen LogP contribution is 2.33. The number of hydrogen-bond donors (Lipinski definition) is 1. The van der Waals surface area contributed by atoms with Gasteiger partial charge in [-0.05, 0) is 65.4 Å². The second-order valence-corrected chi connectivity index (χ2v) is 7.72. The Hall–Kier alpha value is -3.44. The number of aryl methyl sites for hydroxylation is 1. The quantitative estimate of drug-likeness (QED) is 0.249. The van der Waals surface area contributed by atoms with Crippen LogP contribution in [0.4, 0.5) is 0 Å². The van der Waals surface area contributed by atoms with Crippen LogP contribution in [0.3, 0.4) is 0 Å². The van der Waals surface area contributed by atoms with Crippen LogP contribution in [0.2, 0.25) is 5.02 Å². The van der Waals surface area contributed by atoms with Crippen LogP contribution in [0.5, 0.6) is 11.5 Å². The molecule has 4 aromatic rings. The van der Waals surface area contributed by atoms with Crippen LogP contribution >= 0.6 is 11.6 Å². The number of aromatic nitrogens is 1. The molecule has 1 heterocycles. The van der Waals surface area contributed by atoms with Gasteiger partial charge in [0.05, 0.1) is 12.1 Å². The minimum atomic E-state index is -0.225. The van der Waals surface area contributed by atoms with Crippen molar-refractivity contribution in [1.82, 2.24) is 4.98 Å². The number of fused-ring (bicyclic) bond motifs is 1. The lowest BCUT2D eigenvalue weighted by molar-refractivity contribution is -0.140. The van der Waals surface area contributed by atoms with Gasteiger partial charge in [0.25, 0.3) is 0 Å². The summed E-state index contributed by atoms with van der Waals surface area (Å²) in [4.78, 5) is 14.8. The zero-order valence-electron chi connectivity index (χ0n) is 17.8. The van der Waals surface area contributed by atoms with E-state index in [1.165, 1.54) is 7.11 Å². The molecule has 0 atom stereocenters. The Labute approximate surface area is 191 Å². The number of carbonyl (C=O) groups is 1. The van der Waals surface area contributed by atoms with Gasteiger partial charge in [0.1, 0.15) is 24.7 Å². The van der Waals surface area contributed by atoms with E-state index in [2.05, 4.69) is 29.2 Å². The minimum absolute atomic E-state index is 0.225. The number of carbonyl (C=O) groups excluding carboxylic acids is 1. The van der Waals surface area contributed by atoms with Crippen LogP contribution in [0.15, 0.2) is 72.9 Å². The fraction of sp³-hybridized carbons (Fsp3) is 0.192. The Morgan fingerprint density at radius 1 is 0.938 bits per heavy atom. The van der Waals surface area contributed by atoms with Crippen LogP contribution in [0.25, 0.3) is 22.0 Å². The lowest BCUT2D eigenvalue weighted by Gasteiger charge is -2.15. The van der Waals surface area contributed by atoms with Crippen molar-refractivity contribution in [3.05, 3.63) is 83.5 Å².